The molecule has 6 nitrogen and oxygen atoms in total. The van der Waals surface area contributed by atoms with E-state index in [4.69, 9.17) is 27.7 Å². The molecule has 0 aliphatic heterocycles. The molecular weight excluding hydrogens is 387 g/mol. The van der Waals surface area contributed by atoms with E-state index in [1.54, 1.807) is 18.2 Å². The number of hydrogen-bond acceptors (Lipinski definition) is 4. The van der Waals surface area contributed by atoms with E-state index >= 15 is 0 Å². The van der Waals surface area contributed by atoms with Crippen LogP contribution in [-0.4, -0.2) is 16.2 Å². The molecule has 3 aromatic rings. The van der Waals surface area contributed by atoms with Gasteiger partial charge in [-0.3, -0.25) is 0 Å². The quantitative estimate of drug-likeness (QED) is 0.591. The summed E-state index contributed by atoms with van der Waals surface area (Å²) in [5.41, 5.74) is 2.10. The van der Waals surface area contributed by atoms with Gasteiger partial charge in [-0.2, -0.15) is 4.98 Å². The van der Waals surface area contributed by atoms with E-state index in [0.717, 1.165) is 24.2 Å². The lowest BCUT2D eigenvalue weighted by molar-refractivity contribution is 0.262. The number of nitrogens with one attached hydrogen (secondary N) is 2. The number of urea groups is 1. The zero-order valence-electron chi connectivity index (χ0n) is 14.2. The Bertz CT molecular complexity index is 985. The Kier molecular flexibility index (Phi) is 5.01. The third kappa shape index (κ3) is 4.40. The summed E-state index contributed by atoms with van der Waals surface area (Å²) in [5, 5.41) is 10.4. The standard InChI is InChI=1S/C19H16Cl2N4O2/c20-14-8-7-13(10-15(14)21)22-19(26)23-16-4-2-1-3-12(16)9-17-24-18(25-27-17)11-5-6-11/h1-4,7-8,10-11H,5-6,9H2,(H2,22,23,26). The van der Waals surface area contributed by atoms with Gasteiger partial charge in [-0.15, -0.1) is 0 Å². The lowest BCUT2D eigenvalue weighted by Crippen LogP contribution is -2.20. The van der Waals surface area contributed by atoms with Crippen LogP contribution in [0.15, 0.2) is 47.0 Å². The van der Waals surface area contributed by atoms with Gasteiger partial charge < -0.3 is 15.2 Å². The summed E-state index contributed by atoms with van der Waals surface area (Å²) in [6.07, 6.45) is 2.68. The van der Waals surface area contributed by atoms with Crippen molar-refractivity contribution in [3.63, 3.8) is 0 Å². The van der Waals surface area contributed by atoms with E-state index in [-0.39, 0.29) is 6.03 Å². The van der Waals surface area contributed by atoms with Crippen molar-refractivity contribution >= 4 is 40.6 Å². The molecule has 2 N–H and O–H groups in total. The number of carbonyl (C=O) groups excluding carboxylic acids is 1. The van der Waals surface area contributed by atoms with E-state index < -0.39 is 0 Å². The minimum absolute atomic E-state index is 0.373. The molecule has 0 bridgehead atoms. The molecule has 138 valence electrons. The summed E-state index contributed by atoms with van der Waals surface area (Å²) in [6, 6.07) is 12.0. The summed E-state index contributed by atoms with van der Waals surface area (Å²) in [4.78, 5) is 16.8. The number of halogens is 2. The first kappa shape index (κ1) is 17.8. The predicted octanol–water partition coefficient (Wildman–Crippen LogP) is 5.49. The Morgan fingerprint density at radius 2 is 1.93 bits per heavy atom. The number of carbonyl (C=O) groups is 1. The molecule has 0 unspecified atom stereocenters. The van der Waals surface area contributed by atoms with Crippen molar-refractivity contribution in [3.05, 3.63) is 69.8 Å². The first-order valence-electron chi connectivity index (χ1n) is 8.52. The van der Waals surface area contributed by atoms with Gasteiger partial charge in [-0.05, 0) is 42.7 Å². The molecule has 8 heteroatoms. The van der Waals surface area contributed by atoms with Crippen LogP contribution < -0.4 is 10.6 Å². The highest BCUT2D eigenvalue weighted by molar-refractivity contribution is 6.42. The van der Waals surface area contributed by atoms with Crippen molar-refractivity contribution in [3.8, 4) is 0 Å². The van der Waals surface area contributed by atoms with Gasteiger partial charge in [0.25, 0.3) is 0 Å². The molecule has 1 fully saturated rings. The molecule has 1 aliphatic carbocycles. The number of nitrogens with zero attached hydrogens (tertiary/aromatic N) is 2. The molecule has 2 amide bonds. The van der Waals surface area contributed by atoms with Crippen LogP contribution in [0, 0.1) is 0 Å². The highest BCUT2D eigenvalue weighted by Crippen LogP contribution is 2.38. The van der Waals surface area contributed by atoms with Crippen LogP contribution in [0.25, 0.3) is 0 Å². The lowest BCUT2D eigenvalue weighted by atomic mass is 10.1. The summed E-state index contributed by atoms with van der Waals surface area (Å²) in [7, 11) is 0. The van der Waals surface area contributed by atoms with E-state index in [0.29, 0.717) is 39.6 Å². The second-order valence-electron chi connectivity index (χ2n) is 6.36. The second-order valence-corrected chi connectivity index (χ2v) is 7.18. The van der Waals surface area contributed by atoms with Crippen LogP contribution in [0.2, 0.25) is 10.0 Å². The molecule has 0 atom stereocenters. The average Bonchev–Trinajstić information content (AvgIpc) is 3.39. The fraction of sp³-hybridized carbons (Fsp3) is 0.211. The number of rotatable bonds is 5. The smallest absolute Gasteiger partial charge is 0.323 e. The van der Waals surface area contributed by atoms with E-state index in [1.165, 1.54) is 0 Å². The SMILES string of the molecule is O=C(Nc1ccc(Cl)c(Cl)c1)Nc1ccccc1Cc1nc(C2CC2)no1. The number of para-hydroxylation sites is 1. The minimum Gasteiger partial charge on any atom is -0.339 e. The van der Waals surface area contributed by atoms with E-state index in [1.807, 2.05) is 24.3 Å². The molecule has 0 radical (unpaired) electrons. The summed E-state index contributed by atoms with van der Waals surface area (Å²) in [6.45, 7) is 0. The van der Waals surface area contributed by atoms with Gasteiger partial charge >= 0.3 is 6.03 Å². The number of anilines is 2. The molecule has 1 aliphatic rings. The fourth-order valence-electron chi connectivity index (χ4n) is 2.67. The lowest BCUT2D eigenvalue weighted by Gasteiger charge is -2.11. The number of amides is 2. The minimum atomic E-state index is -0.384. The molecule has 1 saturated carbocycles. The zero-order valence-corrected chi connectivity index (χ0v) is 15.7. The number of aromatic nitrogens is 2. The summed E-state index contributed by atoms with van der Waals surface area (Å²) >= 11 is 11.9. The highest BCUT2D eigenvalue weighted by Gasteiger charge is 2.28. The van der Waals surface area contributed by atoms with Crippen LogP contribution in [0.1, 0.15) is 36.0 Å². The summed E-state index contributed by atoms with van der Waals surface area (Å²) in [5.74, 6) is 1.75. The summed E-state index contributed by atoms with van der Waals surface area (Å²) < 4.78 is 5.33. The Morgan fingerprint density at radius 3 is 2.70 bits per heavy atom. The van der Waals surface area contributed by atoms with Gasteiger partial charge in [-0.1, -0.05) is 46.6 Å². The van der Waals surface area contributed by atoms with Gasteiger partial charge in [0, 0.05) is 17.3 Å². The Hall–Kier alpha value is -2.57. The molecule has 0 saturated heterocycles. The van der Waals surface area contributed by atoms with Gasteiger partial charge in [0.2, 0.25) is 5.89 Å². The predicted molar refractivity (Wildman–Crippen MR) is 105 cm³/mol. The second kappa shape index (κ2) is 7.58. The molecule has 4 rings (SSSR count). The topological polar surface area (TPSA) is 80.0 Å². The first-order chi connectivity index (χ1) is 13.1. The van der Waals surface area contributed by atoms with Crippen molar-refractivity contribution in [1.29, 1.82) is 0 Å². The molecule has 2 aromatic carbocycles. The maximum atomic E-state index is 12.3. The van der Waals surface area contributed by atoms with Crippen molar-refractivity contribution in [2.75, 3.05) is 10.6 Å². The fourth-order valence-corrected chi connectivity index (χ4v) is 2.96. The monoisotopic (exact) mass is 402 g/mol. The maximum absolute atomic E-state index is 12.3. The van der Waals surface area contributed by atoms with Gasteiger partial charge in [0.05, 0.1) is 16.5 Å². The van der Waals surface area contributed by atoms with Crippen molar-refractivity contribution < 1.29 is 9.32 Å². The third-order valence-electron chi connectivity index (χ3n) is 4.21. The first-order valence-corrected chi connectivity index (χ1v) is 9.27. The van der Waals surface area contributed by atoms with E-state index in [2.05, 4.69) is 20.8 Å². The number of benzene rings is 2. The largest absolute Gasteiger partial charge is 0.339 e. The van der Waals surface area contributed by atoms with E-state index in [9.17, 15) is 4.79 Å². The molecule has 1 aromatic heterocycles. The Balaban J connectivity index is 1.45. The van der Waals surface area contributed by atoms with Gasteiger partial charge in [0.1, 0.15) is 0 Å². The van der Waals surface area contributed by atoms with Crippen LogP contribution in [0.3, 0.4) is 0 Å². The van der Waals surface area contributed by atoms with Crippen LogP contribution >= 0.6 is 23.2 Å². The maximum Gasteiger partial charge on any atom is 0.323 e. The Labute approximate surface area is 165 Å². The molecular formula is C19H16Cl2N4O2. The third-order valence-corrected chi connectivity index (χ3v) is 4.95. The highest BCUT2D eigenvalue weighted by atomic mass is 35.5. The van der Waals surface area contributed by atoms with Crippen molar-refractivity contribution in [1.82, 2.24) is 10.1 Å². The van der Waals surface area contributed by atoms with Crippen LogP contribution in [0.4, 0.5) is 16.2 Å². The van der Waals surface area contributed by atoms with Crippen molar-refractivity contribution in [2.24, 2.45) is 0 Å². The Morgan fingerprint density at radius 1 is 1.11 bits per heavy atom. The zero-order chi connectivity index (χ0) is 18.8. The number of hydrogen-bond donors (Lipinski definition) is 2. The van der Waals surface area contributed by atoms with Crippen LogP contribution in [-0.2, 0) is 6.42 Å². The van der Waals surface area contributed by atoms with Gasteiger partial charge in [0.15, 0.2) is 5.82 Å². The normalized spacial score (nSPS) is 13.4. The molecule has 1 heterocycles. The van der Waals surface area contributed by atoms with Crippen molar-refractivity contribution in [2.45, 2.75) is 25.2 Å². The average molecular weight is 403 g/mol. The van der Waals surface area contributed by atoms with Gasteiger partial charge in [-0.25, -0.2) is 4.79 Å². The molecule has 0 spiro atoms. The molecule has 27 heavy (non-hydrogen) atoms. The van der Waals surface area contributed by atoms with Crippen LogP contribution in [0.5, 0.6) is 0 Å².